The summed E-state index contributed by atoms with van der Waals surface area (Å²) in [7, 11) is 1.30. The second-order valence-corrected chi connectivity index (χ2v) is 9.48. The maximum Gasteiger partial charge on any atom is 0.411 e. The molecular weight excluding hydrogens is 548 g/mol. The number of benzene rings is 2. The maximum atomic E-state index is 13.1. The number of H-pyrrole nitrogens is 1. The molecule has 0 aliphatic carbocycles. The van der Waals surface area contributed by atoms with Crippen molar-refractivity contribution in [3.8, 4) is 22.7 Å². The van der Waals surface area contributed by atoms with Gasteiger partial charge in [-0.15, -0.1) is 5.10 Å². The first kappa shape index (κ1) is 27.6. The van der Waals surface area contributed by atoms with E-state index in [1.807, 2.05) is 12.1 Å². The molecule has 3 N–H and O–H groups in total. The Balaban J connectivity index is 1.38. The average Bonchev–Trinajstić information content (AvgIpc) is 3.68. The Morgan fingerprint density at radius 2 is 2.12 bits per heavy atom. The Hall–Kier alpha value is -4.97. The minimum Gasteiger partial charge on any atom is -0.493 e. The summed E-state index contributed by atoms with van der Waals surface area (Å²) >= 11 is 6.20. The Bertz CT molecular complexity index is 1580. The van der Waals surface area contributed by atoms with Crippen molar-refractivity contribution < 1.29 is 19.1 Å². The van der Waals surface area contributed by atoms with E-state index in [4.69, 9.17) is 26.1 Å². The molecule has 0 fully saturated rings. The first-order valence-electron chi connectivity index (χ1n) is 12.8. The van der Waals surface area contributed by atoms with Gasteiger partial charge < -0.3 is 19.8 Å². The first-order chi connectivity index (χ1) is 20.0. The highest BCUT2D eigenvalue weighted by Crippen LogP contribution is 2.33. The molecule has 2 bridgehead atoms. The standard InChI is InChI=1S/C28H27ClN8O4/c1-40-28(39)32-20-9-10-21-23-16-30-27(34-23)22(6-4-2-3-5-13-41-25(21)15-20)33-26(38)12-7-18-14-19(29)8-11-24(18)37-17-31-35-36-37/h2,4,7-12,14-17,22H,3,5-6,13H2,1H3,(H,30,34)(H,32,39)(H,33,38)/b4-2+,12-7+/t22-/m0/s1. The number of hydrogen-bond acceptors (Lipinski definition) is 8. The Kier molecular flexibility index (Phi) is 8.70. The summed E-state index contributed by atoms with van der Waals surface area (Å²) in [5, 5.41) is 17.5. The number of aromatic nitrogens is 6. The van der Waals surface area contributed by atoms with E-state index >= 15 is 0 Å². The number of fused-ring (bicyclic) bond motifs is 4. The van der Waals surface area contributed by atoms with Gasteiger partial charge in [0.1, 0.15) is 17.9 Å². The van der Waals surface area contributed by atoms with Gasteiger partial charge in [0.25, 0.3) is 0 Å². The summed E-state index contributed by atoms with van der Waals surface area (Å²) in [6, 6.07) is 10.1. The van der Waals surface area contributed by atoms with Gasteiger partial charge in [-0.2, -0.15) is 4.68 Å². The molecule has 2 aromatic heterocycles. The van der Waals surface area contributed by atoms with Crippen molar-refractivity contribution in [2.24, 2.45) is 0 Å². The Morgan fingerprint density at radius 1 is 1.22 bits per heavy atom. The van der Waals surface area contributed by atoms with Crippen molar-refractivity contribution in [1.29, 1.82) is 0 Å². The third-order valence-corrected chi connectivity index (χ3v) is 6.48. The van der Waals surface area contributed by atoms with Crippen LogP contribution in [-0.4, -0.2) is 55.9 Å². The van der Waals surface area contributed by atoms with Crippen LogP contribution in [-0.2, 0) is 9.53 Å². The van der Waals surface area contributed by atoms with Gasteiger partial charge >= 0.3 is 6.09 Å². The number of imidazole rings is 1. The summed E-state index contributed by atoms with van der Waals surface area (Å²) in [5.41, 5.74) is 3.27. The fraction of sp³-hybridized carbons (Fsp3) is 0.214. The van der Waals surface area contributed by atoms with Gasteiger partial charge in [0.2, 0.25) is 5.91 Å². The minimum atomic E-state index is -0.573. The number of ether oxygens (including phenoxy) is 2. The second-order valence-electron chi connectivity index (χ2n) is 9.05. The van der Waals surface area contributed by atoms with Crippen molar-refractivity contribution >= 4 is 35.4 Å². The lowest BCUT2D eigenvalue weighted by Gasteiger charge is -2.14. The number of tetrazole rings is 1. The molecule has 4 aromatic rings. The Morgan fingerprint density at radius 3 is 2.95 bits per heavy atom. The van der Waals surface area contributed by atoms with E-state index < -0.39 is 12.1 Å². The first-order valence-corrected chi connectivity index (χ1v) is 13.2. The third kappa shape index (κ3) is 6.97. The number of methoxy groups -OCH3 is 1. The molecule has 3 heterocycles. The van der Waals surface area contributed by atoms with Crippen LogP contribution in [0.1, 0.15) is 36.7 Å². The van der Waals surface area contributed by atoms with Crippen LogP contribution >= 0.6 is 11.6 Å². The van der Waals surface area contributed by atoms with Crippen LogP contribution in [0.5, 0.6) is 5.75 Å². The largest absolute Gasteiger partial charge is 0.493 e. The van der Waals surface area contributed by atoms with Crippen LogP contribution in [0.25, 0.3) is 23.0 Å². The van der Waals surface area contributed by atoms with E-state index in [0.29, 0.717) is 52.3 Å². The van der Waals surface area contributed by atoms with Crippen LogP contribution in [0.3, 0.4) is 0 Å². The summed E-state index contributed by atoms with van der Waals surface area (Å²) < 4.78 is 12.2. The molecule has 1 aliphatic heterocycles. The summed E-state index contributed by atoms with van der Waals surface area (Å²) in [5.74, 6) is 0.852. The zero-order valence-corrected chi connectivity index (χ0v) is 22.8. The average molecular weight is 575 g/mol. The van der Waals surface area contributed by atoms with E-state index in [9.17, 15) is 9.59 Å². The monoisotopic (exact) mass is 574 g/mol. The molecule has 2 aromatic carbocycles. The van der Waals surface area contributed by atoms with E-state index in [2.05, 4.69) is 37.2 Å². The highest BCUT2D eigenvalue weighted by molar-refractivity contribution is 6.30. The molecule has 12 nitrogen and oxygen atoms in total. The number of rotatable bonds is 5. The molecule has 41 heavy (non-hydrogen) atoms. The zero-order valence-electron chi connectivity index (χ0n) is 22.1. The van der Waals surface area contributed by atoms with Crippen molar-refractivity contribution in [2.75, 3.05) is 19.0 Å². The van der Waals surface area contributed by atoms with Crippen molar-refractivity contribution in [3.63, 3.8) is 0 Å². The predicted molar refractivity (Wildman–Crippen MR) is 153 cm³/mol. The van der Waals surface area contributed by atoms with Gasteiger partial charge in [-0.05, 0) is 66.1 Å². The molecule has 1 atom stereocenters. The fourth-order valence-corrected chi connectivity index (χ4v) is 4.43. The van der Waals surface area contributed by atoms with Gasteiger partial charge in [-0.3, -0.25) is 10.1 Å². The van der Waals surface area contributed by atoms with Gasteiger partial charge in [0, 0.05) is 40.2 Å². The molecule has 210 valence electrons. The van der Waals surface area contributed by atoms with Crippen LogP contribution in [0.4, 0.5) is 10.5 Å². The molecular formula is C28H27ClN8O4. The molecule has 13 heteroatoms. The number of nitrogens with one attached hydrogen (secondary N) is 3. The lowest BCUT2D eigenvalue weighted by atomic mass is 10.1. The number of halogens is 1. The molecule has 0 spiro atoms. The van der Waals surface area contributed by atoms with Crippen LogP contribution in [0.2, 0.25) is 5.02 Å². The predicted octanol–water partition coefficient (Wildman–Crippen LogP) is 4.87. The zero-order chi connectivity index (χ0) is 28.6. The summed E-state index contributed by atoms with van der Waals surface area (Å²) in [4.78, 5) is 32.7. The number of allylic oxidation sites excluding steroid dienone is 1. The van der Waals surface area contributed by atoms with Crippen LogP contribution < -0.4 is 15.4 Å². The number of nitrogens with zero attached hydrogens (tertiary/aromatic N) is 5. The fourth-order valence-electron chi connectivity index (χ4n) is 4.25. The summed E-state index contributed by atoms with van der Waals surface area (Å²) in [6.45, 7) is 0.484. The van der Waals surface area contributed by atoms with Gasteiger partial charge in [-0.25, -0.2) is 9.78 Å². The third-order valence-electron chi connectivity index (χ3n) is 6.24. The maximum absolute atomic E-state index is 13.1. The quantitative estimate of drug-likeness (QED) is 0.226. The number of amides is 2. The SMILES string of the molecule is COC(=O)Nc1ccc2c(c1)OCCC/C=C/C[C@H](NC(=O)/C=C/c1cc(Cl)ccc1-n1cnnn1)c1nc-2c[nH]1. The van der Waals surface area contributed by atoms with E-state index in [1.54, 1.807) is 42.6 Å². The topological polar surface area (TPSA) is 149 Å². The molecule has 0 saturated carbocycles. The lowest BCUT2D eigenvalue weighted by molar-refractivity contribution is -0.117. The number of anilines is 1. The molecule has 2 amide bonds. The Labute approximate surface area is 240 Å². The lowest BCUT2D eigenvalue weighted by Crippen LogP contribution is -2.27. The van der Waals surface area contributed by atoms with Crippen molar-refractivity contribution in [3.05, 3.63) is 83.6 Å². The summed E-state index contributed by atoms with van der Waals surface area (Å²) in [6.07, 6.45) is 12.0. The molecule has 0 saturated heterocycles. The van der Waals surface area contributed by atoms with E-state index in [1.165, 1.54) is 24.2 Å². The molecule has 0 unspecified atom stereocenters. The van der Waals surface area contributed by atoms with Crippen molar-refractivity contribution in [2.45, 2.75) is 25.3 Å². The van der Waals surface area contributed by atoms with Crippen LogP contribution in [0.15, 0.2) is 67.2 Å². The van der Waals surface area contributed by atoms with Gasteiger partial charge in [0.05, 0.1) is 31.1 Å². The minimum absolute atomic E-state index is 0.310. The normalized spacial score (nSPS) is 15.9. The molecule has 1 aliphatic rings. The molecule has 0 radical (unpaired) electrons. The number of carbonyl (C=O) groups is 2. The van der Waals surface area contributed by atoms with E-state index in [-0.39, 0.29) is 5.91 Å². The molecule has 5 rings (SSSR count). The number of carbonyl (C=O) groups excluding carboxylic acids is 2. The van der Waals surface area contributed by atoms with Crippen LogP contribution in [0, 0.1) is 0 Å². The second kappa shape index (κ2) is 12.9. The smallest absolute Gasteiger partial charge is 0.411 e. The van der Waals surface area contributed by atoms with E-state index in [0.717, 1.165) is 18.4 Å². The van der Waals surface area contributed by atoms with Gasteiger partial charge in [-0.1, -0.05) is 23.8 Å². The number of hydrogen-bond donors (Lipinski definition) is 3. The number of aromatic amines is 1. The van der Waals surface area contributed by atoms with Crippen molar-refractivity contribution in [1.82, 2.24) is 35.5 Å². The highest BCUT2D eigenvalue weighted by Gasteiger charge is 2.19. The van der Waals surface area contributed by atoms with Gasteiger partial charge in [0.15, 0.2) is 0 Å². The highest BCUT2D eigenvalue weighted by atomic mass is 35.5.